The highest BCUT2D eigenvalue weighted by Crippen LogP contribution is 2.27. The third kappa shape index (κ3) is 3.19. The summed E-state index contributed by atoms with van der Waals surface area (Å²) in [7, 11) is 0. The molecule has 0 bridgehead atoms. The van der Waals surface area contributed by atoms with Crippen LogP contribution in [0.1, 0.15) is 40.5 Å². The second-order valence-electron chi connectivity index (χ2n) is 5.63. The van der Waals surface area contributed by atoms with E-state index < -0.39 is 0 Å². The van der Waals surface area contributed by atoms with Crippen LogP contribution in [0.2, 0.25) is 0 Å². The smallest absolute Gasteiger partial charge is 0.0622 e. The monoisotopic (exact) mass is 228 g/mol. The van der Waals surface area contributed by atoms with Crippen molar-refractivity contribution >= 4 is 0 Å². The van der Waals surface area contributed by atoms with Crippen LogP contribution in [-0.2, 0) is 4.74 Å². The van der Waals surface area contributed by atoms with E-state index in [1.807, 2.05) is 0 Å². The summed E-state index contributed by atoms with van der Waals surface area (Å²) in [6.07, 6.45) is 2.31. The van der Waals surface area contributed by atoms with Gasteiger partial charge in [-0.05, 0) is 25.7 Å². The minimum absolute atomic E-state index is 0.138. The fourth-order valence-electron chi connectivity index (χ4n) is 2.90. The molecule has 3 heteroatoms. The molecule has 1 aliphatic heterocycles. The zero-order valence-electron chi connectivity index (χ0n) is 11.3. The quantitative estimate of drug-likeness (QED) is 0.780. The highest BCUT2D eigenvalue weighted by Gasteiger charge is 2.36. The van der Waals surface area contributed by atoms with Gasteiger partial charge >= 0.3 is 0 Å². The van der Waals surface area contributed by atoms with Crippen LogP contribution in [0.5, 0.6) is 0 Å². The van der Waals surface area contributed by atoms with E-state index in [4.69, 9.17) is 10.5 Å². The molecule has 2 unspecified atom stereocenters. The average molecular weight is 228 g/mol. The summed E-state index contributed by atoms with van der Waals surface area (Å²) in [5, 5.41) is 0. The first kappa shape index (κ1) is 13.9. The molecule has 1 saturated heterocycles. The summed E-state index contributed by atoms with van der Waals surface area (Å²) >= 11 is 0. The standard InChI is InChI=1S/C13H28N2O/c1-5-12-9-16-7-6-15(12)13(4,10-14)8-11(2)3/h11-12H,5-10,14H2,1-4H3. The summed E-state index contributed by atoms with van der Waals surface area (Å²) < 4.78 is 5.57. The third-order valence-electron chi connectivity index (χ3n) is 3.68. The molecule has 2 N–H and O–H groups in total. The predicted octanol–water partition coefficient (Wildman–Crippen LogP) is 1.86. The second-order valence-corrected chi connectivity index (χ2v) is 5.63. The van der Waals surface area contributed by atoms with Crippen LogP contribution in [0, 0.1) is 5.92 Å². The van der Waals surface area contributed by atoms with Gasteiger partial charge in [-0.2, -0.15) is 0 Å². The fraction of sp³-hybridized carbons (Fsp3) is 1.00. The maximum absolute atomic E-state index is 6.02. The zero-order valence-corrected chi connectivity index (χ0v) is 11.3. The van der Waals surface area contributed by atoms with Crippen LogP contribution < -0.4 is 5.73 Å². The van der Waals surface area contributed by atoms with Gasteiger partial charge in [-0.15, -0.1) is 0 Å². The van der Waals surface area contributed by atoms with E-state index in [0.717, 1.165) is 32.7 Å². The van der Waals surface area contributed by atoms with E-state index in [1.54, 1.807) is 0 Å². The lowest BCUT2D eigenvalue weighted by Gasteiger charge is -2.48. The average Bonchev–Trinajstić information content (AvgIpc) is 2.28. The van der Waals surface area contributed by atoms with Crippen molar-refractivity contribution in [1.82, 2.24) is 4.90 Å². The van der Waals surface area contributed by atoms with Gasteiger partial charge in [0.15, 0.2) is 0 Å². The van der Waals surface area contributed by atoms with Gasteiger partial charge in [-0.1, -0.05) is 20.8 Å². The van der Waals surface area contributed by atoms with Gasteiger partial charge in [0.05, 0.1) is 13.2 Å². The number of morpholine rings is 1. The molecule has 0 aliphatic carbocycles. The van der Waals surface area contributed by atoms with Crippen molar-refractivity contribution in [2.45, 2.75) is 52.1 Å². The fourth-order valence-corrected chi connectivity index (χ4v) is 2.90. The molecule has 96 valence electrons. The maximum atomic E-state index is 6.02. The number of ether oxygens (including phenoxy) is 1. The van der Waals surface area contributed by atoms with Gasteiger partial charge in [0.2, 0.25) is 0 Å². The van der Waals surface area contributed by atoms with Crippen LogP contribution in [0.4, 0.5) is 0 Å². The van der Waals surface area contributed by atoms with E-state index in [1.165, 1.54) is 6.42 Å². The molecule has 2 atom stereocenters. The molecular weight excluding hydrogens is 200 g/mol. The van der Waals surface area contributed by atoms with Crippen LogP contribution in [-0.4, -0.2) is 42.8 Å². The minimum Gasteiger partial charge on any atom is -0.378 e. The number of nitrogens with two attached hydrogens (primary N) is 1. The summed E-state index contributed by atoms with van der Waals surface area (Å²) in [5.41, 5.74) is 6.16. The van der Waals surface area contributed by atoms with Crippen molar-refractivity contribution in [3.63, 3.8) is 0 Å². The first-order valence-corrected chi connectivity index (χ1v) is 6.58. The van der Waals surface area contributed by atoms with Gasteiger partial charge in [-0.25, -0.2) is 0 Å². The Kier molecular flexibility index (Phi) is 5.22. The SMILES string of the molecule is CCC1COCCN1C(C)(CN)CC(C)C. The van der Waals surface area contributed by atoms with Gasteiger partial charge in [-0.3, -0.25) is 4.90 Å². The number of nitrogens with zero attached hydrogens (tertiary/aromatic N) is 1. The normalized spacial score (nSPS) is 27.0. The van der Waals surface area contributed by atoms with E-state index in [9.17, 15) is 0 Å². The van der Waals surface area contributed by atoms with Crippen molar-refractivity contribution in [3.8, 4) is 0 Å². The number of hydrogen-bond donors (Lipinski definition) is 1. The molecular formula is C13H28N2O. The molecule has 1 fully saturated rings. The van der Waals surface area contributed by atoms with E-state index in [-0.39, 0.29) is 5.54 Å². The molecule has 0 radical (unpaired) electrons. The molecule has 16 heavy (non-hydrogen) atoms. The van der Waals surface area contributed by atoms with E-state index in [2.05, 4.69) is 32.6 Å². The summed E-state index contributed by atoms with van der Waals surface area (Å²) in [6, 6.07) is 0.543. The molecule has 0 saturated carbocycles. The summed E-state index contributed by atoms with van der Waals surface area (Å²) in [4.78, 5) is 2.58. The van der Waals surface area contributed by atoms with Gasteiger partial charge < -0.3 is 10.5 Å². The summed E-state index contributed by atoms with van der Waals surface area (Å²) in [5.74, 6) is 0.689. The molecule has 0 amide bonds. The molecule has 1 heterocycles. The van der Waals surface area contributed by atoms with Gasteiger partial charge in [0.1, 0.15) is 0 Å². The van der Waals surface area contributed by atoms with Crippen molar-refractivity contribution in [3.05, 3.63) is 0 Å². The lowest BCUT2D eigenvalue weighted by atomic mass is 9.87. The highest BCUT2D eigenvalue weighted by atomic mass is 16.5. The van der Waals surface area contributed by atoms with Crippen molar-refractivity contribution in [2.24, 2.45) is 11.7 Å². The molecule has 0 aromatic rings. The maximum Gasteiger partial charge on any atom is 0.0622 e. The Morgan fingerprint density at radius 1 is 1.50 bits per heavy atom. The number of hydrogen-bond acceptors (Lipinski definition) is 3. The second kappa shape index (κ2) is 5.99. The Balaban J connectivity index is 2.75. The molecule has 0 aromatic carbocycles. The van der Waals surface area contributed by atoms with Gasteiger partial charge in [0.25, 0.3) is 0 Å². The predicted molar refractivity (Wildman–Crippen MR) is 68.5 cm³/mol. The Labute approximate surface area is 100 Å². The molecule has 1 rings (SSSR count). The molecule has 3 nitrogen and oxygen atoms in total. The first-order valence-electron chi connectivity index (χ1n) is 6.58. The Hall–Kier alpha value is -0.120. The summed E-state index contributed by atoms with van der Waals surface area (Å²) in [6.45, 7) is 12.6. The lowest BCUT2D eigenvalue weighted by molar-refractivity contribution is -0.0640. The third-order valence-corrected chi connectivity index (χ3v) is 3.68. The van der Waals surface area contributed by atoms with E-state index >= 15 is 0 Å². The topological polar surface area (TPSA) is 38.5 Å². The molecule has 0 spiro atoms. The Bertz CT molecular complexity index is 208. The van der Waals surface area contributed by atoms with Gasteiger partial charge in [0, 0.05) is 24.7 Å². The van der Waals surface area contributed by atoms with Crippen molar-refractivity contribution in [1.29, 1.82) is 0 Å². The van der Waals surface area contributed by atoms with E-state index in [0.29, 0.717) is 12.0 Å². The number of rotatable bonds is 5. The van der Waals surface area contributed by atoms with Crippen molar-refractivity contribution in [2.75, 3.05) is 26.3 Å². The molecule has 0 aromatic heterocycles. The highest BCUT2D eigenvalue weighted by molar-refractivity contribution is 4.93. The van der Waals surface area contributed by atoms with Crippen LogP contribution in [0.15, 0.2) is 0 Å². The van der Waals surface area contributed by atoms with Crippen LogP contribution in [0.3, 0.4) is 0 Å². The zero-order chi connectivity index (χ0) is 12.2. The van der Waals surface area contributed by atoms with Crippen LogP contribution >= 0.6 is 0 Å². The Morgan fingerprint density at radius 2 is 2.19 bits per heavy atom. The largest absolute Gasteiger partial charge is 0.378 e. The first-order chi connectivity index (χ1) is 7.53. The minimum atomic E-state index is 0.138. The Morgan fingerprint density at radius 3 is 2.69 bits per heavy atom. The van der Waals surface area contributed by atoms with Crippen molar-refractivity contribution < 1.29 is 4.74 Å². The van der Waals surface area contributed by atoms with Crippen LogP contribution in [0.25, 0.3) is 0 Å². The molecule has 1 aliphatic rings. The lowest BCUT2D eigenvalue weighted by Crippen LogP contribution is -2.60.